The number of nitrogens with zero attached hydrogens (tertiary/aromatic N) is 2. The highest BCUT2D eigenvalue weighted by atomic mass is 35.5. The largest absolute Gasteiger partial charge is 0.388 e. The molecule has 0 radical (unpaired) electrons. The minimum atomic E-state index is -0.834. The number of halogens is 1. The van der Waals surface area contributed by atoms with Gasteiger partial charge >= 0.3 is 0 Å². The lowest BCUT2D eigenvalue weighted by Gasteiger charge is -2.36. The minimum absolute atomic E-state index is 0.227. The van der Waals surface area contributed by atoms with E-state index < -0.39 is 5.60 Å². The molecule has 1 amide bonds. The van der Waals surface area contributed by atoms with Crippen molar-refractivity contribution in [2.24, 2.45) is 0 Å². The van der Waals surface area contributed by atoms with Crippen LogP contribution in [0.3, 0.4) is 0 Å². The van der Waals surface area contributed by atoms with Gasteiger partial charge in [0.15, 0.2) is 0 Å². The number of nitrogens with one attached hydrogen (secondary N) is 1. The van der Waals surface area contributed by atoms with E-state index in [2.05, 4.69) is 10.3 Å². The molecule has 0 spiro atoms. The maximum atomic E-state index is 12.5. The molecule has 2 N–H and O–H groups in total. The van der Waals surface area contributed by atoms with Crippen molar-refractivity contribution in [1.82, 2.24) is 9.88 Å². The average Bonchev–Trinajstić information content (AvgIpc) is 2.39. The van der Waals surface area contributed by atoms with E-state index in [0.717, 1.165) is 13.0 Å². The van der Waals surface area contributed by atoms with Crippen molar-refractivity contribution in [3.05, 3.63) is 22.8 Å². The molecule has 1 unspecified atom stereocenters. The van der Waals surface area contributed by atoms with Gasteiger partial charge in [0.1, 0.15) is 11.5 Å². The van der Waals surface area contributed by atoms with Gasteiger partial charge in [-0.1, -0.05) is 11.6 Å². The Balaban J connectivity index is 2.21. The number of piperidine rings is 1. The Morgan fingerprint density at radius 2 is 2.35 bits per heavy atom. The zero-order chi connectivity index (χ0) is 14.8. The molecule has 0 saturated carbocycles. The lowest BCUT2D eigenvalue weighted by Crippen LogP contribution is -2.48. The second kappa shape index (κ2) is 5.97. The number of β-amino-alcohol motifs (C(OH)–C–C–N with tert-alkyl or cyclic N) is 1. The van der Waals surface area contributed by atoms with Gasteiger partial charge in [0.25, 0.3) is 5.91 Å². The highest BCUT2D eigenvalue weighted by Crippen LogP contribution is 2.24. The molecule has 1 aromatic rings. The third-order valence-electron chi connectivity index (χ3n) is 3.37. The van der Waals surface area contributed by atoms with E-state index in [9.17, 15) is 9.90 Å². The molecule has 2 rings (SSSR count). The van der Waals surface area contributed by atoms with E-state index in [1.165, 1.54) is 0 Å². The van der Waals surface area contributed by atoms with Crippen LogP contribution >= 0.6 is 11.6 Å². The lowest BCUT2D eigenvalue weighted by atomic mass is 9.95. The zero-order valence-electron chi connectivity index (χ0n) is 11.8. The van der Waals surface area contributed by atoms with Crippen molar-refractivity contribution in [1.29, 1.82) is 0 Å². The maximum absolute atomic E-state index is 12.5. The van der Waals surface area contributed by atoms with Crippen LogP contribution in [0.4, 0.5) is 5.82 Å². The number of aromatic nitrogens is 1. The summed E-state index contributed by atoms with van der Waals surface area (Å²) in [6.45, 7) is 5.37. The number of likely N-dealkylation sites (tertiary alicyclic amines) is 1. The molecule has 0 aliphatic carbocycles. The Bertz CT molecular complexity index is 505. The SMILES string of the molecule is CCNc1ccc(Cl)c(C(=O)N2CCCC(C)(O)C2)n1. The number of hydrogen-bond donors (Lipinski definition) is 2. The predicted octanol–water partition coefficient (Wildman–Crippen LogP) is 2.15. The van der Waals surface area contributed by atoms with E-state index in [-0.39, 0.29) is 11.6 Å². The normalized spacial score (nSPS) is 22.7. The fourth-order valence-electron chi connectivity index (χ4n) is 2.41. The van der Waals surface area contributed by atoms with Gasteiger partial charge in [-0.15, -0.1) is 0 Å². The van der Waals surface area contributed by atoms with Crippen molar-refractivity contribution < 1.29 is 9.90 Å². The summed E-state index contributed by atoms with van der Waals surface area (Å²) in [4.78, 5) is 18.4. The van der Waals surface area contributed by atoms with E-state index >= 15 is 0 Å². The van der Waals surface area contributed by atoms with Crippen molar-refractivity contribution in [3.8, 4) is 0 Å². The molecule has 1 aliphatic heterocycles. The monoisotopic (exact) mass is 297 g/mol. The van der Waals surface area contributed by atoms with Gasteiger partial charge in [0.05, 0.1) is 10.6 Å². The molecular formula is C14H20ClN3O2. The van der Waals surface area contributed by atoms with Crippen LogP contribution < -0.4 is 5.32 Å². The molecule has 0 bridgehead atoms. The second-order valence-corrected chi connectivity index (χ2v) is 5.79. The Morgan fingerprint density at radius 1 is 1.60 bits per heavy atom. The Kier molecular flexibility index (Phi) is 4.50. The summed E-state index contributed by atoms with van der Waals surface area (Å²) in [5, 5.41) is 13.5. The van der Waals surface area contributed by atoms with Gasteiger partial charge in [-0.2, -0.15) is 0 Å². The van der Waals surface area contributed by atoms with Gasteiger partial charge in [0.2, 0.25) is 0 Å². The summed E-state index contributed by atoms with van der Waals surface area (Å²) in [6.07, 6.45) is 1.48. The Hall–Kier alpha value is -1.33. The summed E-state index contributed by atoms with van der Waals surface area (Å²) in [5.74, 6) is 0.402. The summed E-state index contributed by atoms with van der Waals surface area (Å²) in [5.41, 5.74) is -0.595. The first kappa shape index (κ1) is 15.1. The van der Waals surface area contributed by atoms with E-state index in [1.54, 1.807) is 24.0 Å². The molecule has 1 atom stereocenters. The molecule has 1 aliphatic rings. The van der Waals surface area contributed by atoms with Crippen molar-refractivity contribution >= 4 is 23.3 Å². The van der Waals surface area contributed by atoms with Crippen LogP contribution in [0.5, 0.6) is 0 Å². The Morgan fingerprint density at radius 3 is 3.00 bits per heavy atom. The van der Waals surface area contributed by atoms with Crippen LogP contribution in [-0.2, 0) is 0 Å². The number of rotatable bonds is 3. The number of anilines is 1. The number of hydrogen-bond acceptors (Lipinski definition) is 4. The van der Waals surface area contributed by atoms with Crippen molar-refractivity contribution in [3.63, 3.8) is 0 Å². The summed E-state index contributed by atoms with van der Waals surface area (Å²) in [6, 6.07) is 3.41. The number of carbonyl (C=O) groups excluding carboxylic acids is 1. The molecule has 2 heterocycles. The summed E-state index contributed by atoms with van der Waals surface area (Å²) < 4.78 is 0. The van der Waals surface area contributed by atoms with Crippen LogP contribution in [0.15, 0.2) is 12.1 Å². The smallest absolute Gasteiger partial charge is 0.274 e. The summed E-state index contributed by atoms with van der Waals surface area (Å²) in [7, 11) is 0. The molecule has 1 fully saturated rings. The lowest BCUT2D eigenvalue weighted by molar-refractivity contribution is -0.0109. The van der Waals surface area contributed by atoms with Crippen LogP contribution in [0.1, 0.15) is 37.2 Å². The number of carbonyl (C=O) groups is 1. The van der Waals surface area contributed by atoms with Gasteiger partial charge in [0, 0.05) is 19.6 Å². The topological polar surface area (TPSA) is 65.5 Å². The molecular weight excluding hydrogens is 278 g/mol. The first-order valence-corrected chi connectivity index (χ1v) is 7.23. The van der Waals surface area contributed by atoms with E-state index in [4.69, 9.17) is 11.6 Å². The molecule has 6 heteroatoms. The minimum Gasteiger partial charge on any atom is -0.388 e. The number of pyridine rings is 1. The van der Waals surface area contributed by atoms with Crippen LogP contribution in [0.2, 0.25) is 5.02 Å². The molecule has 0 aromatic carbocycles. The van der Waals surface area contributed by atoms with Crippen molar-refractivity contribution in [2.45, 2.75) is 32.3 Å². The third kappa shape index (κ3) is 3.41. The number of amides is 1. The van der Waals surface area contributed by atoms with Crippen LogP contribution in [0.25, 0.3) is 0 Å². The molecule has 1 aromatic heterocycles. The zero-order valence-corrected chi connectivity index (χ0v) is 12.6. The molecule has 20 heavy (non-hydrogen) atoms. The third-order valence-corrected chi connectivity index (χ3v) is 3.67. The average molecular weight is 298 g/mol. The van der Waals surface area contributed by atoms with Gasteiger partial charge in [-0.3, -0.25) is 4.79 Å². The predicted molar refractivity (Wildman–Crippen MR) is 79.2 cm³/mol. The highest BCUT2D eigenvalue weighted by molar-refractivity contribution is 6.33. The standard InChI is InChI=1S/C14H20ClN3O2/c1-3-16-11-6-5-10(15)12(17-11)13(19)18-8-4-7-14(2,20)9-18/h5-6,20H,3-4,7-9H2,1-2H3,(H,16,17). The molecule has 5 nitrogen and oxygen atoms in total. The molecule has 110 valence electrons. The second-order valence-electron chi connectivity index (χ2n) is 5.38. The summed E-state index contributed by atoms with van der Waals surface area (Å²) >= 11 is 6.08. The molecule has 1 saturated heterocycles. The highest BCUT2D eigenvalue weighted by Gasteiger charge is 2.32. The first-order chi connectivity index (χ1) is 9.43. The Labute approximate surface area is 123 Å². The van der Waals surface area contributed by atoms with Gasteiger partial charge in [-0.05, 0) is 38.8 Å². The maximum Gasteiger partial charge on any atom is 0.274 e. The van der Waals surface area contributed by atoms with Gasteiger partial charge in [-0.25, -0.2) is 4.98 Å². The van der Waals surface area contributed by atoms with Crippen LogP contribution in [0, 0.1) is 0 Å². The van der Waals surface area contributed by atoms with E-state index in [0.29, 0.717) is 30.4 Å². The van der Waals surface area contributed by atoms with Gasteiger partial charge < -0.3 is 15.3 Å². The fraction of sp³-hybridized carbons (Fsp3) is 0.571. The van der Waals surface area contributed by atoms with Crippen LogP contribution in [-0.4, -0.2) is 46.1 Å². The quantitative estimate of drug-likeness (QED) is 0.897. The fourth-order valence-corrected chi connectivity index (χ4v) is 2.60. The van der Waals surface area contributed by atoms with Crippen molar-refractivity contribution in [2.75, 3.05) is 25.0 Å². The first-order valence-electron chi connectivity index (χ1n) is 6.85. The number of aliphatic hydroxyl groups is 1. The van der Waals surface area contributed by atoms with E-state index in [1.807, 2.05) is 6.92 Å².